The maximum Gasteiger partial charge on any atom is 0.0715 e. The highest BCUT2D eigenvalue weighted by Crippen LogP contribution is 2.07. The zero-order chi connectivity index (χ0) is 11.3. The molecule has 3 nitrogen and oxygen atoms in total. The number of carboxylic acid groups (broad SMARTS) is 1. The molecule has 0 aliphatic carbocycles. The van der Waals surface area contributed by atoms with E-state index in [0.29, 0.717) is 0 Å². The second-order valence-electron chi connectivity index (χ2n) is 3.45. The number of aromatic carboxylic acids is 1. The van der Waals surface area contributed by atoms with Crippen molar-refractivity contribution in [1.82, 2.24) is 4.90 Å². The first-order valence-electron chi connectivity index (χ1n) is 5.20. The summed E-state index contributed by atoms with van der Waals surface area (Å²) in [7, 11) is 0. The predicted octanol–water partition coefficient (Wildman–Crippen LogP) is 0.892. The summed E-state index contributed by atoms with van der Waals surface area (Å²) >= 11 is 0. The van der Waals surface area contributed by atoms with Gasteiger partial charge in [-0.15, -0.1) is 0 Å². The van der Waals surface area contributed by atoms with E-state index in [2.05, 4.69) is 18.7 Å². The van der Waals surface area contributed by atoms with Gasteiger partial charge in [0.05, 0.1) is 5.97 Å². The van der Waals surface area contributed by atoms with Gasteiger partial charge in [0.15, 0.2) is 0 Å². The molecule has 0 saturated heterocycles. The molecule has 0 amide bonds. The van der Waals surface area contributed by atoms with Crippen LogP contribution in [0.1, 0.15) is 29.8 Å². The fourth-order valence-corrected chi connectivity index (χ4v) is 1.50. The molecule has 0 aliphatic heterocycles. The summed E-state index contributed by atoms with van der Waals surface area (Å²) in [5.74, 6) is -1.11. The van der Waals surface area contributed by atoms with E-state index in [9.17, 15) is 9.90 Å². The highest BCUT2D eigenvalue weighted by atomic mass is 16.4. The number of benzene rings is 1. The lowest BCUT2D eigenvalue weighted by Crippen LogP contribution is -2.24. The van der Waals surface area contributed by atoms with Crippen LogP contribution in [0.3, 0.4) is 0 Å². The maximum absolute atomic E-state index is 10.7. The van der Waals surface area contributed by atoms with Crippen LogP contribution in [0.4, 0.5) is 0 Å². The highest BCUT2D eigenvalue weighted by molar-refractivity contribution is 5.85. The van der Waals surface area contributed by atoms with Crippen molar-refractivity contribution in [2.75, 3.05) is 13.1 Å². The Balaban J connectivity index is 2.77. The van der Waals surface area contributed by atoms with Crippen LogP contribution in [0.5, 0.6) is 0 Å². The largest absolute Gasteiger partial charge is 0.545 e. The van der Waals surface area contributed by atoms with Gasteiger partial charge in [0.1, 0.15) is 0 Å². The van der Waals surface area contributed by atoms with E-state index in [1.54, 1.807) is 18.2 Å². The zero-order valence-corrected chi connectivity index (χ0v) is 9.19. The van der Waals surface area contributed by atoms with E-state index in [1.807, 2.05) is 6.07 Å². The zero-order valence-electron chi connectivity index (χ0n) is 9.19. The molecule has 0 unspecified atom stereocenters. The molecule has 1 aromatic carbocycles. The molecule has 0 spiro atoms. The Morgan fingerprint density at radius 2 is 2.00 bits per heavy atom. The molecule has 3 heteroatoms. The molecule has 0 aromatic heterocycles. The van der Waals surface area contributed by atoms with Crippen molar-refractivity contribution >= 4 is 5.97 Å². The van der Waals surface area contributed by atoms with Crippen LogP contribution in [-0.2, 0) is 6.54 Å². The first kappa shape index (κ1) is 11.7. The van der Waals surface area contributed by atoms with Gasteiger partial charge in [-0.2, -0.15) is 0 Å². The molecule has 0 saturated carbocycles. The first-order valence-corrected chi connectivity index (χ1v) is 5.20. The van der Waals surface area contributed by atoms with Crippen LogP contribution < -0.4 is 5.11 Å². The van der Waals surface area contributed by atoms with Crippen molar-refractivity contribution in [1.29, 1.82) is 0 Å². The number of carbonyl (C=O) groups is 1. The third-order valence-corrected chi connectivity index (χ3v) is 2.46. The highest BCUT2D eigenvalue weighted by Gasteiger charge is 2.01. The fraction of sp³-hybridized carbons (Fsp3) is 0.417. The fourth-order valence-electron chi connectivity index (χ4n) is 1.50. The molecular formula is C12H16NO2-. The lowest BCUT2D eigenvalue weighted by molar-refractivity contribution is -0.255. The third kappa shape index (κ3) is 3.36. The summed E-state index contributed by atoms with van der Waals surface area (Å²) in [5.41, 5.74) is 1.26. The van der Waals surface area contributed by atoms with Crippen molar-refractivity contribution in [2.45, 2.75) is 20.4 Å². The molecule has 0 heterocycles. The minimum absolute atomic E-state index is 0.250. The van der Waals surface area contributed by atoms with Gasteiger partial charge in [0, 0.05) is 6.54 Å². The van der Waals surface area contributed by atoms with Gasteiger partial charge in [0.25, 0.3) is 0 Å². The SMILES string of the molecule is CCN(CC)Cc1cccc(C(=O)[O-])c1. The van der Waals surface area contributed by atoms with E-state index < -0.39 is 5.97 Å². The number of hydrogen-bond acceptors (Lipinski definition) is 3. The second-order valence-corrected chi connectivity index (χ2v) is 3.45. The third-order valence-electron chi connectivity index (χ3n) is 2.46. The van der Waals surface area contributed by atoms with Crippen molar-refractivity contribution in [3.05, 3.63) is 35.4 Å². The average molecular weight is 206 g/mol. The Bertz CT molecular complexity index is 332. The molecule has 1 rings (SSSR count). The number of carbonyl (C=O) groups excluding carboxylic acids is 1. The first-order chi connectivity index (χ1) is 7.17. The van der Waals surface area contributed by atoms with Crippen LogP contribution in [0.2, 0.25) is 0 Å². The van der Waals surface area contributed by atoms with Gasteiger partial charge < -0.3 is 9.90 Å². The molecule has 82 valence electrons. The van der Waals surface area contributed by atoms with E-state index in [1.165, 1.54) is 0 Å². The maximum atomic E-state index is 10.7. The van der Waals surface area contributed by atoms with Gasteiger partial charge >= 0.3 is 0 Å². The number of nitrogens with zero attached hydrogens (tertiary/aromatic N) is 1. The van der Waals surface area contributed by atoms with Crippen molar-refractivity contribution in [3.63, 3.8) is 0 Å². The topological polar surface area (TPSA) is 43.4 Å². The quantitative estimate of drug-likeness (QED) is 0.718. The van der Waals surface area contributed by atoms with Crippen LogP contribution in [0.15, 0.2) is 24.3 Å². The summed E-state index contributed by atoms with van der Waals surface area (Å²) in [6, 6.07) is 6.92. The summed E-state index contributed by atoms with van der Waals surface area (Å²) in [4.78, 5) is 12.9. The van der Waals surface area contributed by atoms with E-state index in [4.69, 9.17) is 0 Å². The number of carboxylic acids is 1. The number of hydrogen-bond donors (Lipinski definition) is 0. The van der Waals surface area contributed by atoms with Crippen LogP contribution in [-0.4, -0.2) is 24.0 Å². The van der Waals surface area contributed by atoms with Gasteiger partial charge in [-0.05, 0) is 30.3 Å². The average Bonchev–Trinajstić information content (AvgIpc) is 2.26. The smallest absolute Gasteiger partial charge is 0.0715 e. The monoisotopic (exact) mass is 206 g/mol. The Morgan fingerprint density at radius 1 is 1.33 bits per heavy atom. The summed E-state index contributed by atoms with van der Waals surface area (Å²) in [6.07, 6.45) is 0. The Hall–Kier alpha value is -1.35. The van der Waals surface area contributed by atoms with Crippen LogP contribution in [0.25, 0.3) is 0 Å². The predicted molar refractivity (Wildman–Crippen MR) is 57.4 cm³/mol. The lowest BCUT2D eigenvalue weighted by atomic mass is 10.1. The molecule has 0 radical (unpaired) electrons. The van der Waals surface area contributed by atoms with Crippen molar-refractivity contribution in [2.24, 2.45) is 0 Å². The summed E-state index contributed by atoms with van der Waals surface area (Å²) in [6.45, 7) is 6.89. The molecule has 1 aromatic rings. The number of rotatable bonds is 5. The molecule has 0 fully saturated rings. The molecule has 0 bridgehead atoms. The summed E-state index contributed by atoms with van der Waals surface area (Å²) in [5, 5.41) is 10.7. The molecular weight excluding hydrogens is 190 g/mol. The molecule has 15 heavy (non-hydrogen) atoms. The second kappa shape index (κ2) is 5.51. The molecule has 0 N–H and O–H groups in total. The van der Waals surface area contributed by atoms with Crippen LogP contribution >= 0.6 is 0 Å². The summed E-state index contributed by atoms with van der Waals surface area (Å²) < 4.78 is 0. The Labute approximate surface area is 90.3 Å². The van der Waals surface area contributed by atoms with Crippen LogP contribution in [0, 0.1) is 0 Å². The van der Waals surface area contributed by atoms with Crippen molar-refractivity contribution < 1.29 is 9.90 Å². The van der Waals surface area contributed by atoms with Crippen molar-refractivity contribution in [3.8, 4) is 0 Å². The van der Waals surface area contributed by atoms with E-state index in [-0.39, 0.29) is 5.56 Å². The van der Waals surface area contributed by atoms with Gasteiger partial charge in [0.2, 0.25) is 0 Å². The molecule has 0 aliphatic rings. The lowest BCUT2D eigenvalue weighted by Gasteiger charge is -2.18. The van der Waals surface area contributed by atoms with Gasteiger partial charge in [-0.25, -0.2) is 0 Å². The normalized spacial score (nSPS) is 10.6. The Morgan fingerprint density at radius 3 is 2.53 bits per heavy atom. The standard InChI is InChI=1S/C12H17NO2/c1-3-13(4-2)9-10-6-5-7-11(8-10)12(14)15/h5-8H,3-4,9H2,1-2H3,(H,14,15)/p-1. The minimum atomic E-state index is -1.11. The minimum Gasteiger partial charge on any atom is -0.545 e. The Kier molecular flexibility index (Phi) is 4.31. The van der Waals surface area contributed by atoms with Gasteiger partial charge in [-0.1, -0.05) is 32.0 Å². The van der Waals surface area contributed by atoms with Gasteiger partial charge in [-0.3, -0.25) is 4.90 Å². The molecule has 0 atom stereocenters. The van der Waals surface area contributed by atoms with E-state index in [0.717, 1.165) is 25.2 Å². The van der Waals surface area contributed by atoms with E-state index >= 15 is 0 Å².